The molecule has 0 aromatic carbocycles. The minimum atomic E-state index is -0.408. The molecule has 3 aromatic rings. The summed E-state index contributed by atoms with van der Waals surface area (Å²) in [5.74, 6) is 0.113. The third-order valence-corrected chi connectivity index (χ3v) is 4.06. The summed E-state index contributed by atoms with van der Waals surface area (Å²) < 4.78 is 5.57. The second kappa shape index (κ2) is 6.66. The van der Waals surface area contributed by atoms with Crippen LogP contribution in [-0.2, 0) is 0 Å². The lowest BCUT2D eigenvalue weighted by Gasteiger charge is -2.25. The summed E-state index contributed by atoms with van der Waals surface area (Å²) in [6, 6.07) is 5.70. The molecule has 0 unspecified atom stereocenters. The van der Waals surface area contributed by atoms with E-state index in [1.807, 2.05) is 4.90 Å². The molecule has 0 bridgehead atoms. The number of fused-ring (bicyclic) bond motifs is 1. The Morgan fingerprint density at radius 1 is 1.24 bits per heavy atom. The van der Waals surface area contributed by atoms with Crippen LogP contribution in [0.5, 0.6) is 0 Å². The molecule has 8 nitrogen and oxygen atoms in total. The highest BCUT2D eigenvalue weighted by Crippen LogP contribution is 2.19. The van der Waals surface area contributed by atoms with Crippen LogP contribution in [0.15, 0.2) is 35.0 Å². The van der Waals surface area contributed by atoms with Crippen molar-refractivity contribution in [2.75, 3.05) is 36.4 Å². The van der Waals surface area contributed by atoms with Crippen molar-refractivity contribution in [3.63, 3.8) is 0 Å². The van der Waals surface area contributed by atoms with Gasteiger partial charge in [-0.25, -0.2) is 15.0 Å². The summed E-state index contributed by atoms with van der Waals surface area (Å²) in [5.41, 5.74) is 0.501. The number of carbonyl (C=O) groups excluding carboxylic acids is 1. The van der Waals surface area contributed by atoms with Gasteiger partial charge in [-0.05, 0) is 18.2 Å². The number of rotatable bonds is 3. The Hall–Kier alpha value is -2.71. The van der Waals surface area contributed by atoms with Gasteiger partial charge < -0.3 is 20.0 Å². The Bertz CT molecular complexity index is 922. The average Bonchev–Trinajstić information content (AvgIpc) is 3.13. The number of oxazole rings is 1. The van der Waals surface area contributed by atoms with E-state index in [1.165, 1.54) is 12.4 Å². The van der Waals surface area contributed by atoms with E-state index in [0.29, 0.717) is 22.5 Å². The van der Waals surface area contributed by atoms with Crippen molar-refractivity contribution in [1.29, 1.82) is 0 Å². The summed E-state index contributed by atoms with van der Waals surface area (Å²) in [7, 11) is 0. The maximum Gasteiger partial charge on any atom is 0.298 e. The maximum atomic E-state index is 12.3. The molecule has 0 radical (unpaired) electrons. The maximum absolute atomic E-state index is 12.3. The van der Waals surface area contributed by atoms with Crippen LogP contribution in [0.2, 0.25) is 5.02 Å². The number of anilines is 2. The molecule has 4 heterocycles. The zero-order valence-electron chi connectivity index (χ0n) is 13.2. The molecule has 1 aliphatic rings. The van der Waals surface area contributed by atoms with Crippen molar-refractivity contribution in [3.8, 4) is 0 Å². The van der Waals surface area contributed by atoms with Crippen molar-refractivity contribution >= 4 is 40.4 Å². The van der Waals surface area contributed by atoms with Crippen LogP contribution in [-0.4, -0.2) is 47.0 Å². The molecule has 3 aromatic heterocycles. The largest absolute Gasteiger partial charge is 0.418 e. The minimum Gasteiger partial charge on any atom is -0.418 e. The summed E-state index contributed by atoms with van der Waals surface area (Å²) in [5, 5.41) is 7.28. The molecule has 0 aliphatic carbocycles. The van der Waals surface area contributed by atoms with Crippen molar-refractivity contribution in [2.45, 2.75) is 0 Å². The van der Waals surface area contributed by atoms with Crippen LogP contribution in [0.4, 0.5) is 11.8 Å². The van der Waals surface area contributed by atoms with Gasteiger partial charge in [0.15, 0.2) is 5.65 Å². The fourth-order valence-electron chi connectivity index (χ4n) is 2.60. The quantitative estimate of drug-likeness (QED) is 0.738. The van der Waals surface area contributed by atoms with E-state index in [-0.39, 0.29) is 5.76 Å². The number of nitrogens with one attached hydrogen (secondary N) is 2. The Kier molecular flexibility index (Phi) is 4.21. The highest BCUT2D eigenvalue weighted by Gasteiger charge is 2.19. The second-order valence-corrected chi connectivity index (χ2v) is 6.03. The predicted molar refractivity (Wildman–Crippen MR) is 94.1 cm³/mol. The van der Waals surface area contributed by atoms with E-state index in [2.05, 4.69) is 25.6 Å². The Labute approximate surface area is 148 Å². The summed E-state index contributed by atoms with van der Waals surface area (Å²) in [6.07, 6.45) is 2.93. The summed E-state index contributed by atoms with van der Waals surface area (Å²) in [4.78, 5) is 27.0. The SMILES string of the molecule is O=C(Nc1ccc2cc(Cl)cnc2n1)c1cnc(N2CCNCC2)o1. The number of aromatic nitrogens is 3. The first-order valence-electron chi connectivity index (χ1n) is 7.84. The van der Waals surface area contributed by atoms with E-state index < -0.39 is 5.91 Å². The highest BCUT2D eigenvalue weighted by atomic mass is 35.5. The number of hydrogen-bond donors (Lipinski definition) is 2. The van der Waals surface area contributed by atoms with E-state index >= 15 is 0 Å². The molecule has 1 saturated heterocycles. The van der Waals surface area contributed by atoms with Crippen LogP contribution < -0.4 is 15.5 Å². The first kappa shape index (κ1) is 15.8. The van der Waals surface area contributed by atoms with E-state index in [9.17, 15) is 4.79 Å². The van der Waals surface area contributed by atoms with Crippen molar-refractivity contribution in [2.24, 2.45) is 0 Å². The molecular formula is C16H15ClN6O2. The van der Waals surface area contributed by atoms with Gasteiger partial charge in [0.25, 0.3) is 11.9 Å². The fourth-order valence-corrected chi connectivity index (χ4v) is 2.77. The smallest absolute Gasteiger partial charge is 0.298 e. The molecule has 0 atom stereocenters. The molecule has 128 valence electrons. The molecule has 0 saturated carbocycles. The molecular weight excluding hydrogens is 344 g/mol. The van der Waals surface area contributed by atoms with Crippen LogP contribution in [0.25, 0.3) is 11.0 Å². The number of amides is 1. The van der Waals surface area contributed by atoms with Gasteiger partial charge in [0.1, 0.15) is 5.82 Å². The van der Waals surface area contributed by atoms with Crippen LogP contribution in [0.3, 0.4) is 0 Å². The molecule has 1 amide bonds. The van der Waals surface area contributed by atoms with Crippen LogP contribution >= 0.6 is 11.6 Å². The molecule has 4 rings (SSSR count). The number of carbonyl (C=O) groups is 1. The third kappa shape index (κ3) is 3.40. The van der Waals surface area contributed by atoms with E-state index in [1.54, 1.807) is 18.2 Å². The number of halogens is 1. The Morgan fingerprint density at radius 2 is 2.08 bits per heavy atom. The first-order chi connectivity index (χ1) is 12.2. The van der Waals surface area contributed by atoms with Gasteiger partial charge in [0, 0.05) is 37.8 Å². The normalized spacial score (nSPS) is 14.7. The van der Waals surface area contributed by atoms with E-state index in [4.69, 9.17) is 16.0 Å². The van der Waals surface area contributed by atoms with Crippen LogP contribution in [0.1, 0.15) is 10.6 Å². The zero-order valence-corrected chi connectivity index (χ0v) is 14.0. The van der Waals surface area contributed by atoms with E-state index in [0.717, 1.165) is 31.6 Å². The molecule has 0 spiro atoms. The Morgan fingerprint density at radius 3 is 2.92 bits per heavy atom. The molecule has 25 heavy (non-hydrogen) atoms. The van der Waals surface area contributed by atoms with Crippen molar-refractivity contribution in [1.82, 2.24) is 20.3 Å². The minimum absolute atomic E-state index is 0.138. The van der Waals surface area contributed by atoms with Crippen molar-refractivity contribution in [3.05, 3.63) is 41.4 Å². The molecule has 1 aliphatic heterocycles. The van der Waals surface area contributed by atoms with Gasteiger partial charge in [-0.1, -0.05) is 11.6 Å². The van der Waals surface area contributed by atoms with Crippen molar-refractivity contribution < 1.29 is 9.21 Å². The summed E-state index contributed by atoms with van der Waals surface area (Å²) in [6.45, 7) is 3.31. The number of piperazine rings is 1. The number of nitrogens with zero attached hydrogens (tertiary/aromatic N) is 4. The topological polar surface area (TPSA) is 96.2 Å². The van der Waals surface area contributed by atoms with Gasteiger partial charge in [-0.3, -0.25) is 4.79 Å². The lowest BCUT2D eigenvalue weighted by Crippen LogP contribution is -2.43. The van der Waals surface area contributed by atoms with Gasteiger partial charge in [0.05, 0.1) is 11.2 Å². The number of hydrogen-bond acceptors (Lipinski definition) is 7. The summed E-state index contributed by atoms with van der Waals surface area (Å²) >= 11 is 5.90. The van der Waals surface area contributed by atoms with Gasteiger partial charge >= 0.3 is 0 Å². The zero-order chi connectivity index (χ0) is 17.2. The molecule has 2 N–H and O–H groups in total. The monoisotopic (exact) mass is 358 g/mol. The highest BCUT2D eigenvalue weighted by molar-refractivity contribution is 6.31. The average molecular weight is 359 g/mol. The number of pyridine rings is 2. The molecule has 1 fully saturated rings. The predicted octanol–water partition coefficient (Wildman–Crippen LogP) is 1.93. The second-order valence-electron chi connectivity index (χ2n) is 5.60. The van der Waals surface area contributed by atoms with Gasteiger partial charge in [-0.2, -0.15) is 0 Å². The van der Waals surface area contributed by atoms with Crippen LogP contribution in [0, 0.1) is 0 Å². The van der Waals surface area contributed by atoms with Gasteiger partial charge in [-0.15, -0.1) is 0 Å². The molecule has 9 heteroatoms. The third-order valence-electron chi connectivity index (χ3n) is 3.86. The standard InChI is InChI=1S/C16H15ClN6O2/c17-11-7-10-1-2-13(21-14(10)19-8-11)22-15(24)12-9-20-16(25-12)23-5-3-18-4-6-23/h1-2,7-9,18H,3-6H2,(H,19,21,22,24). The van der Waals surface area contributed by atoms with Gasteiger partial charge in [0.2, 0.25) is 5.76 Å². The lowest BCUT2D eigenvalue weighted by atomic mass is 10.3. The Balaban J connectivity index is 1.50. The lowest BCUT2D eigenvalue weighted by molar-refractivity contribution is 0.0996. The first-order valence-corrected chi connectivity index (χ1v) is 8.22. The fraction of sp³-hybridized carbons (Fsp3) is 0.250.